The molecule has 116 valence electrons. The lowest BCUT2D eigenvalue weighted by molar-refractivity contribution is -0.0497. The predicted molar refractivity (Wildman–Crippen MR) is 87.4 cm³/mol. The highest BCUT2D eigenvalue weighted by Gasteiger charge is 2.54. The molecular formula is C19H29NO. The molecule has 2 bridgehead atoms. The molecule has 3 fully saturated rings. The molecule has 3 saturated carbocycles. The molecule has 1 aromatic carbocycles. The van der Waals surface area contributed by atoms with Gasteiger partial charge in [0.2, 0.25) is 0 Å². The second kappa shape index (κ2) is 5.73. The Labute approximate surface area is 129 Å². The van der Waals surface area contributed by atoms with Gasteiger partial charge in [0.15, 0.2) is 0 Å². The van der Waals surface area contributed by atoms with Crippen LogP contribution < -0.4 is 5.32 Å². The maximum absolute atomic E-state index is 10.8. The van der Waals surface area contributed by atoms with E-state index in [-0.39, 0.29) is 17.1 Å². The summed E-state index contributed by atoms with van der Waals surface area (Å²) in [5, 5.41) is 14.6. The largest absolute Gasteiger partial charge is 0.392 e. The molecule has 0 saturated heterocycles. The Morgan fingerprint density at radius 2 is 1.81 bits per heavy atom. The van der Waals surface area contributed by atoms with Gasteiger partial charge in [-0.3, -0.25) is 0 Å². The van der Waals surface area contributed by atoms with E-state index in [0.29, 0.717) is 0 Å². The lowest BCUT2D eigenvalue weighted by Crippen LogP contribution is -2.62. The standard InChI is InChI=1S/C19H29NO/c1-15(2)8-13-20-18-9-11-19(12-10-18,17(21)14-18)16-6-4-3-5-7-16/h3-7,15,17,20-21H,8-14H2,1-2H3/t17-,18?,19?/m1/s1. The number of hydrogen-bond donors (Lipinski definition) is 2. The Kier molecular flexibility index (Phi) is 4.11. The maximum Gasteiger partial charge on any atom is 0.0654 e. The molecule has 1 atom stereocenters. The quantitative estimate of drug-likeness (QED) is 0.866. The van der Waals surface area contributed by atoms with Crippen molar-refractivity contribution in [2.75, 3.05) is 6.54 Å². The fourth-order valence-electron chi connectivity index (χ4n) is 4.40. The zero-order valence-electron chi connectivity index (χ0n) is 13.4. The summed E-state index contributed by atoms with van der Waals surface area (Å²) in [5.41, 5.74) is 1.56. The third-order valence-electron chi connectivity index (χ3n) is 5.89. The van der Waals surface area contributed by atoms with Crippen LogP contribution >= 0.6 is 0 Å². The smallest absolute Gasteiger partial charge is 0.0654 e. The zero-order chi connectivity index (χ0) is 14.9. The van der Waals surface area contributed by atoms with Gasteiger partial charge >= 0.3 is 0 Å². The summed E-state index contributed by atoms with van der Waals surface area (Å²) in [5.74, 6) is 0.745. The van der Waals surface area contributed by atoms with Gasteiger partial charge in [-0.05, 0) is 56.6 Å². The average Bonchev–Trinajstić information content (AvgIpc) is 2.49. The molecule has 1 aromatic rings. The molecule has 0 amide bonds. The third-order valence-corrected chi connectivity index (χ3v) is 5.89. The van der Waals surface area contributed by atoms with Gasteiger partial charge in [-0.2, -0.15) is 0 Å². The highest BCUT2D eigenvalue weighted by atomic mass is 16.3. The van der Waals surface area contributed by atoms with Crippen molar-refractivity contribution >= 4 is 0 Å². The zero-order valence-corrected chi connectivity index (χ0v) is 13.4. The van der Waals surface area contributed by atoms with Crippen LogP contribution in [0.2, 0.25) is 0 Å². The van der Waals surface area contributed by atoms with E-state index in [1.165, 1.54) is 24.8 Å². The van der Waals surface area contributed by atoms with Crippen LogP contribution in [0.25, 0.3) is 0 Å². The van der Waals surface area contributed by atoms with Crippen LogP contribution in [-0.4, -0.2) is 23.3 Å². The van der Waals surface area contributed by atoms with E-state index in [4.69, 9.17) is 0 Å². The van der Waals surface area contributed by atoms with E-state index in [2.05, 4.69) is 49.5 Å². The minimum Gasteiger partial charge on any atom is -0.392 e. The van der Waals surface area contributed by atoms with Crippen LogP contribution in [0, 0.1) is 5.92 Å². The molecule has 0 heterocycles. The highest BCUT2D eigenvalue weighted by Crippen LogP contribution is 2.53. The number of hydrogen-bond acceptors (Lipinski definition) is 2. The van der Waals surface area contributed by atoms with E-state index in [1.807, 2.05) is 0 Å². The number of benzene rings is 1. The number of rotatable bonds is 5. The van der Waals surface area contributed by atoms with Gasteiger partial charge in [0.05, 0.1) is 6.10 Å². The van der Waals surface area contributed by atoms with Gasteiger partial charge in [0.25, 0.3) is 0 Å². The highest BCUT2D eigenvalue weighted by molar-refractivity contribution is 5.31. The van der Waals surface area contributed by atoms with Gasteiger partial charge in [-0.1, -0.05) is 44.2 Å². The minimum absolute atomic E-state index is 0.0166. The third kappa shape index (κ3) is 2.76. The van der Waals surface area contributed by atoms with Crippen LogP contribution in [-0.2, 0) is 5.41 Å². The SMILES string of the molecule is CC(C)CCNC12CCC(c3ccccc3)(CC1)[C@H](O)C2. The number of aliphatic hydroxyl groups is 1. The van der Waals surface area contributed by atoms with Crippen molar-refractivity contribution in [3.63, 3.8) is 0 Å². The summed E-state index contributed by atoms with van der Waals surface area (Å²) in [6.07, 6.45) is 6.59. The summed E-state index contributed by atoms with van der Waals surface area (Å²) in [6.45, 7) is 5.63. The summed E-state index contributed by atoms with van der Waals surface area (Å²) in [7, 11) is 0. The molecule has 0 radical (unpaired) electrons. The Morgan fingerprint density at radius 1 is 1.14 bits per heavy atom. The fourth-order valence-corrected chi connectivity index (χ4v) is 4.40. The fraction of sp³-hybridized carbons (Fsp3) is 0.684. The predicted octanol–water partition coefficient (Wildman–Crippen LogP) is 3.64. The van der Waals surface area contributed by atoms with Crippen molar-refractivity contribution < 1.29 is 5.11 Å². The first kappa shape index (κ1) is 15.1. The monoisotopic (exact) mass is 287 g/mol. The Bertz CT molecular complexity index is 460. The van der Waals surface area contributed by atoms with Crippen molar-refractivity contribution in [1.82, 2.24) is 5.32 Å². The lowest BCUT2D eigenvalue weighted by Gasteiger charge is -2.57. The van der Waals surface area contributed by atoms with Gasteiger partial charge in [-0.25, -0.2) is 0 Å². The van der Waals surface area contributed by atoms with Crippen LogP contribution in [0.3, 0.4) is 0 Å². The first-order chi connectivity index (χ1) is 10.1. The summed E-state index contributed by atoms with van der Waals surface area (Å²) in [6, 6.07) is 10.7. The Morgan fingerprint density at radius 3 is 2.38 bits per heavy atom. The molecule has 3 aliphatic rings. The number of aliphatic hydroxyl groups excluding tert-OH is 1. The molecule has 0 unspecified atom stereocenters. The first-order valence-electron chi connectivity index (χ1n) is 8.55. The molecule has 4 rings (SSSR count). The Balaban J connectivity index is 1.71. The number of nitrogens with one attached hydrogen (secondary N) is 1. The summed E-state index contributed by atoms with van der Waals surface area (Å²) < 4.78 is 0. The van der Waals surface area contributed by atoms with E-state index in [1.54, 1.807) is 0 Å². The van der Waals surface area contributed by atoms with E-state index in [0.717, 1.165) is 31.7 Å². The average molecular weight is 287 g/mol. The molecule has 0 aliphatic heterocycles. The van der Waals surface area contributed by atoms with Crippen molar-refractivity contribution in [2.45, 2.75) is 69.4 Å². The van der Waals surface area contributed by atoms with Gasteiger partial charge in [0.1, 0.15) is 0 Å². The maximum atomic E-state index is 10.8. The van der Waals surface area contributed by atoms with Crippen LogP contribution in [0.4, 0.5) is 0 Å². The molecular weight excluding hydrogens is 258 g/mol. The van der Waals surface area contributed by atoms with E-state index in [9.17, 15) is 5.11 Å². The molecule has 21 heavy (non-hydrogen) atoms. The molecule has 0 spiro atoms. The minimum atomic E-state index is -0.200. The summed E-state index contributed by atoms with van der Waals surface area (Å²) >= 11 is 0. The van der Waals surface area contributed by atoms with Crippen molar-refractivity contribution in [2.24, 2.45) is 5.92 Å². The number of fused-ring (bicyclic) bond motifs is 3. The molecule has 3 aliphatic carbocycles. The Hall–Kier alpha value is -0.860. The van der Waals surface area contributed by atoms with Gasteiger partial charge < -0.3 is 10.4 Å². The van der Waals surface area contributed by atoms with Gasteiger partial charge in [0, 0.05) is 11.0 Å². The van der Waals surface area contributed by atoms with Crippen molar-refractivity contribution in [3.05, 3.63) is 35.9 Å². The molecule has 2 N–H and O–H groups in total. The van der Waals surface area contributed by atoms with Crippen LogP contribution in [0.5, 0.6) is 0 Å². The molecule has 2 nitrogen and oxygen atoms in total. The topological polar surface area (TPSA) is 32.3 Å². The van der Waals surface area contributed by atoms with E-state index >= 15 is 0 Å². The van der Waals surface area contributed by atoms with Gasteiger partial charge in [-0.15, -0.1) is 0 Å². The molecule has 0 aromatic heterocycles. The van der Waals surface area contributed by atoms with Crippen molar-refractivity contribution in [1.29, 1.82) is 0 Å². The first-order valence-corrected chi connectivity index (χ1v) is 8.55. The van der Waals surface area contributed by atoms with E-state index < -0.39 is 0 Å². The summed E-state index contributed by atoms with van der Waals surface area (Å²) in [4.78, 5) is 0. The van der Waals surface area contributed by atoms with Crippen molar-refractivity contribution in [3.8, 4) is 0 Å². The second-order valence-electron chi connectivity index (χ2n) is 7.63. The lowest BCUT2D eigenvalue weighted by atomic mass is 9.53. The normalized spacial score (nSPS) is 35.3. The van der Waals surface area contributed by atoms with Crippen LogP contribution in [0.15, 0.2) is 30.3 Å². The molecule has 2 heteroatoms. The second-order valence-corrected chi connectivity index (χ2v) is 7.63. The van der Waals surface area contributed by atoms with Crippen LogP contribution in [0.1, 0.15) is 57.9 Å².